The molecule has 0 bridgehead atoms. The number of methoxy groups -OCH3 is 1. The zero-order chi connectivity index (χ0) is 8.97. The summed E-state index contributed by atoms with van der Waals surface area (Å²) < 4.78 is 11.9. The maximum Gasteiger partial charge on any atom is 0.147 e. The van der Waals surface area contributed by atoms with Gasteiger partial charge in [-0.3, -0.25) is 0 Å². The van der Waals surface area contributed by atoms with Crippen molar-refractivity contribution in [3.8, 4) is 0 Å². The molecule has 0 aromatic carbocycles. The lowest BCUT2D eigenvalue weighted by Crippen LogP contribution is -2.08. The summed E-state index contributed by atoms with van der Waals surface area (Å²) in [7, 11) is 1.53. The minimum Gasteiger partial charge on any atom is -0.494 e. The molecule has 0 unspecified atom stereocenters. The van der Waals surface area contributed by atoms with Gasteiger partial charge in [-0.15, -0.1) is 0 Å². The first-order chi connectivity index (χ1) is 5.81. The zero-order valence-corrected chi connectivity index (χ0v) is 7.80. The molecule has 3 nitrogen and oxygen atoms in total. The number of halogens is 2. The van der Waals surface area contributed by atoms with Crippen LogP contribution < -0.4 is 0 Å². The second kappa shape index (κ2) is 4.28. The molecule has 0 N–H and O–H groups in total. The van der Waals surface area contributed by atoms with Crippen molar-refractivity contribution in [3.63, 3.8) is 0 Å². The van der Waals surface area contributed by atoms with Gasteiger partial charge in [0.2, 0.25) is 0 Å². The van der Waals surface area contributed by atoms with Crippen LogP contribution in [0.5, 0.6) is 0 Å². The van der Waals surface area contributed by atoms with Gasteiger partial charge in [0.15, 0.2) is 0 Å². The summed E-state index contributed by atoms with van der Waals surface area (Å²) >= 11 is 10.5. The van der Waals surface area contributed by atoms with E-state index in [0.29, 0.717) is 17.2 Å². The van der Waals surface area contributed by atoms with E-state index >= 15 is 0 Å². The van der Waals surface area contributed by atoms with Crippen molar-refractivity contribution < 1.29 is 4.74 Å². The molecule has 1 aliphatic rings. The lowest BCUT2D eigenvalue weighted by molar-refractivity contribution is 0.316. The molecule has 0 atom stereocenters. The number of allylic oxidation sites excluding steroid dienone is 3. The van der Waals surface area contributed by atoms with Crippen molar-refractivity contribution in [2.24, 2.45) is 9.02 Å². The summed E-state index contributed by atoms with van der Waals surface area (Å²) in [5, 5.41) is 0. The lowest BCUT2D eigenvalue weighted by Gasteiger charge is -2.08. The third kappa shape index (κ3) is 1.87. The van der Waals surface area contributed by atoms with E-state index in [1.807, 2.05) is 0 Å². The van der Waals surface area contributed by atoms with E-state index in [9.17, 15) is 0 Å². The van der Waals surface area contributed by atoms with Gasteiger partial charge in [0.1, 0.15) is 11.5 Å². The molecule has 0 heterocycles. The van der Waals surface area contributed by atoms with Crippen LogP contribution in [0.25, 0.3) is 0 Å². The first-order valence-corrected chi connectivity index (χ1v) is 3.81. The Kier molecular flexibility index (Phi) is 3.31. The van der Waals surface area contributed by atoms with E-state index in [1.165, 1.54) is 7.11 Å². The Labute approximate surface area is 80.3 Å². The number of hydrogen-bond acceptors (Lipinski definition) is 3. The van der Waals surface area contributed by atoms with Gasteiger partial charge in [-0.1, -0.05) is 0 Å². The lowest BCUT2D eigenvalue weighted by atomic mass is 10.1. The predicted octanol–water partition coefficient (Wildman–Crippen LogP) is 2.28. The van der Waals surface area contributed by atoms with Crippen molar-refractivity contribution in [3.05, 3.63) is 24.0 Å². The van der Waals surface area contributed by atoms with Crippen LogP contribution >= 0.6 is 23.6 Å². The fourth-order valence-corrected chi connectivity index (χ4v) is 1.03. The van der Waals surface area contributed by atoms with Gasteiger partial charge in [-0.05, 0) is 12.2 Å². The molecule has 5 heteroatoms. The van der Waals surface area contributed by atoms with Gasteiger partial charge < -0.3 is 4.74 Å². The summed E-state index contributed by atoms with van der Waals surface area (Å²) in [5.74, 6) is 0.548. The molecule has 0 saturated heterocycles. The van der Waals surface area contributed by atoms with Crippen LogP contribution in [0.2, 0.25) is 0 Å². The van der Waals surface area contributed by atoms with Crippen LogP contribution in [0, 0.1) is 0 Å². The topological polar surface area (TPSA) is 34.0 Å². The summed E-state index contributed by atoms with van der Waals surface area (Å²) in [6.07, 6.45) is 5.01. The van der Waals surface area contributed by atoms with Crippen LogP contribution in [0.4, 0.5) is 0 Å². The van der Waals surface area contributed by atoms with E-state index in [0.717, 1.165) is 0 Å². The molecule has 12 heavy (non-hydrogen) atoms. The molecular formula is C7H6Cl2N2O. The molecule has 64 valence electrons. The van der Waals surface area contributed by atoms with Gasteiger partial charge in [0.25, 0.3) is 0 Å². The quantitative estimate of drug-likeness (QED) is 0.604. The molecule has 1 aliphatic carbocycles. The van der Waals surface area contributed by atoms with Crippen molar-refractivity contribution in [2.75, 3.05) is 7.11 Å². The first-order valence-electron chi connectivity index (χ1n) is 3.14. The zero-order valence-electron chi connectivity index (χ0n) is 6.29. The highest BCUT2D eigenvalue weighted by Crippen LogP contribution is 2.09. The van der Waals surface area contributed by atoms with Crippen molar-refractivity contribution in [2.45, 2.75) is 0 Å². The molecular weight excluding hydrogens is 199 g/mol. The molecule has 0 spiro atoms. The molecule has 0 aromatic rings. The fraction of sp³-hybridized carbons (Fsp3) is 0.143. The van der Waals surface area contributed by atoms with Crippen LogP contribution in [0.1, 0.15) is 0 Å². The monoisotopic (exact) mass is 204 g/mol. The van der Waals surface area contributed by atoms with Gasteiger partial charge in [-0.25, -0.2) is 0 Å². The third-order valence-corrected chi connectivity index (χ3v) is 1.73. The van der Waals surface area contributed by atoms with Crippen molar-refractivity contribution in [1.29, 1.82) is 0 Å². The second-order valence-electron chi connectivity index (χ2n) is 2.03. The molecule has 0 saturated carbocycles. The number of ether oxygens (including phenoxy) is 1. The van der Waals surface area contributed by atoms with Crippen LogP contribution in [0.3, 0.4) is 0 Å². The highest BCUT2D eigenvalue weighted by atomic mass is 35.5. The smallest absolute Gasteiger partial charge is 0.147 e. The average molecular weight is 205 g/mol. The Morgan fingerprint density at radius 3 is 2.50 bits per heavy atom. The maximum atomic E-state index is 5.29. The molecule has 0 amide bonds. The van der Waals surface area contributed by atoms with Crippen LogP contribution in [-0.2, 0) is 4.74 Å². The van der Waals surface area contributed by atoms with Crippen LogP contribution in [0.15, 0.2) is 33.0 Å². The minimum absolute atomic E-state index is 0.548. The molecule has 0 aromatic heterocycles. The van der Waals surface area contributed by atoms with Gasteiger partial charge >= 0.3 is 0 Å². The largest absolute Gasteiger partial charge is 0.494 e. The standard InChI is InChI=1S/C7H6Cl2N2O/c1-12-7-4-5(10-8)2-3-6(7)11-9/h2-4H,1H3/b10-5+,11-6-. The Balaban J connectivity index is 2.99. The maximum absolute atomic E-state index is 5.29. The van der Waals surface area contributed by atoms with E-state index in [-0.39, 0.29) is 0 Å². The number of rotatable bonds is 1. The fourth-order valence-electron chi connectivity index (χ4n) is 0.789. The second-order valence-corrected chi connectivity index (χ2v) is 2.36. The van der Waals surface area contributed by atoms with E-state index in [1.54, 1.807) is 18.2 Å². The Hall–Kier alpha value is -0.800. The normalized spacial score (nSPS) is 23.1. The third-order valence-electron chi connectivity index (χ3n) is 1.35. The van der Waals surface area contributed by atoms with Crippen LogP contribution in [-0.4, -0.2) is 18.5 Å². The van der Waals surface area contributed by atoms with Crippen molar-refractivity contribution in [1.82, 2.24) is 0 Å². The molecule has 0 radical (unpaired) electrons. The Morgan fingerprint density at radius 2 is 2.00 bits per heavy atom. The Morgan fingerprint density at radius 1 is 1.25 bits per heavy atom. The van der Waals surface area contributed by atoms with Gasteiger partial charge in [0, 0.05) is 29.6 Å². The first kappa shape index (κ1) is 9.29. The molecule has 1 rings (SSSR count). The predicted molar refractivity (Wildman–Crippen MR) is 50.8 cm³/mol. The van der Waals surface area contributed by atoms with E-state index in [4.69, 9.17) is 28.3 Å². The number of nitrogens with zero attached hydrogens (tertiary/aromatic N) is 2. The van der Waals surface area contributed by atoms with E-state index in [2.05, 4.69) is 9.02 Å². The average Bonchev–Trinajstić information content (AvgIpc) is 2.16. The Bertz CT molecular complexity index is 292. The highest BCUT2D eigenvalue weighted by molar-refractivity contribution is 6.31. The van der Waals surface area contributed by atoms with Gasteiger partial charge in [0.05, 0.1) is 12.8 Å². The summed E-state index contributed by atoms with van der Waals surface area (Å²) in [4.78, 5) is 0. The SMILES string of the molecule is COC1=CC(=N/Cl)/C=CC/1=N/Cl. The summed E-state index contributed by atoms with van der Waals surface area (Å²) in [6.45, 7) is 0. The van der Waals surface area contributed by atoms with Crippen molar-refractivity contribution >= 4 is 35.0 Å². The summed E-state index contributed by atoms with van der Waals surface area (Å²) in [6, 6.07) is 0. The summed E-state index contributed by atoms with van der Waals surface area (Å²) in [5.41, 5.74) is 1.17. The van der Waals surface area contributed by atoms with Gasteiger partial charge in [-0.2, -0.15) is 9.02 Å². The molecule has 0 fully saturated rings. The number of hydrogen-bond donors (Lipinski definition) is 0. The minimum atomic E-state index is 0.548. The highest BCUT2D eigenvalue weighted by Gasteiger charge is 2.09. The van der Waals surface area contributed by atoms with E-state index < -0.39 is 0 Å². The molecule has 0 aliphatic heterocycles.